The molecule has 0 atom stereocenters. The van der Waals surface area contributed by atoms with Crippen LogP contribution in [0, 0.1) is 13.8 Å². The summed E-state index contributed by atoms with van der Waals surface area (Å²) in [6, 6.07) is 13.1. The van der Waals surface area contributed by atoms with E-state index in [4.69, 9.17) is 16.3 Å². The van der Waals surface area contributed by atoms with Gasteiger partial charge >= 0.3 is 0 Å². The Labute approximate surface area is 177 Å². The number of aryl methyl sites for hydroxylation is 2. The number of benzene rings is 2. The fourth-order valence-electron chi connectivity index (χ4n) is 2.70. The number of carbonyl (C=O) groups excluding carboxylic acids is 2. The number of thiazole rings is 1. The maximum absolute atomic E-state index is 12.1. The number of hydrogen-bond donors (Lipinski definition) is 2. The van der Waals surface area contributed by atoms with Gasteiger partial charge in [0.1, 0.15) is 10.8 Å². The largest absolute Gasteiger partial charge is 0.484 e. The van der Waals surface area contributed by atoms with Gasteiger partial charge in [-0.25, -0.2) is 4.98 Å². The minimum Gasteiger partial charge on any atom is -0.484 e. The van der Waals surface area contributed by atoms with Crippen molar-refractivity contribution in [2.75, 3.05) is 6.61 Å². The third-order valence-corrected chi connectivity index (χ3v) is 5.16. The fraction of sp³-hybridized carbons (Fsp3) is 0.190. The van der Waals surface area contributed by atoms with E-state index < -0.39 is 5.91 Å². The lowest BCUT2D eigenvalue weighted by atomic mass is 10.1. The molecular formula is C21H20ClN3O3S. The number of hydrazine groups is 1. The quantitative estimate of drug-likeness (QED) is 0.583. The van der Waals surface area contributed by atoms with Crippen LogP contribution in [0.1, 0.15) is 16.8 Å². The molecule has 8 heteroatoms. The topological polar surface area (TPSA) is 80.3 Å². The van der Waals surface area contributed by atoms with E-state index in [-0.39, 0.29) is 18.9 Å². The summed E-state index contributed by atoms with van der Waals surface area (Å²) in [5.74, 6) is -0.216. The molecule has 2 N–H and O–H groups in total. The lowest BCUT2D eigenvalue weighted by Gasteiger charge is -2.09. The molecule has 29 heavy (non-hydrogen) atoms. The highest BCUT2D eigenvalue weighted by molar-refractivity contribution is 7.13. The normalized spacial score (nSPS) is 10.4. The van der Waals surface area contributed by atoms with Gasteiger partial charge in [0.15, 0.2) is 6.61 Å². The summed E-state index contributed by atoms with van der Waals surface area (Å²) in [4.78, 5) is 28.4. The second-order valence-corrected chi connectivity index (χ2v) is 7.77. The first-order valence-corrected chi connectivity index (χ1v) is 10.1. The van der Waals surface area contributed by atoms with Gasteiger partial charge in [0.05, 0.1) is 17.1 Å². The lowest BCUT2D eigenvalue weighted by molar-refractivity contribution is -0.129. The highest BCUT2D eigenvalue weighted by atomic mass is 35.5. The molecule has 0 saturated heterocycles. The van der Waals surface area contributed by atoms with E-state index in [1.165, 1.54) is 11.3 Å². The molecular weight excluding hydrogens is 410 g/mol. The van der Waals surface area contributed by atoms with Gasteiger partial charge in [-0.3, -0.25) is 20.4 Å². The zero-order valence-corrected chi connectivity index (χ0v) is 17.6. The maximum Gasteiger partial charge on any atom is 0.276 e. The van der Waals surface area contributed by atoms with Crippen molar-refractivity contribution < 1.29 is 14.3 Å². The predicted molar refractivity (Wildman–Crippen MR) is 114 cm³/mol. The first-order chi connectivity index (χ1) is 13.9. The highest BCUT2D eigenvalue weighted by Gasteiger charge is 2.12. The smallest absolute Gasteiger partial charge is 0.276 e. The Kier molecular flexibility index (Phi) is 6.85. The first-order valence-electron chi connectivity index (χ1n) is 8.89. The molecule has 0 aliphatic carbocycles. The number of ether oxygens (including phenoxy) is 1. The second-order valence-electron chi connectivity index (χ2n) is 6.51. The lowest BCUT2D eigenvalue weighted by Crippen LogP contribution is -2.44. The summed E-state index contributed by atoms with van der Waals surface area (Å²) in [5, 5.41) is 3.14. The number of amides is 2. The fourth-order valence-corrected chi connectivity index (χ4v) is 3.84. The molecule has 0 radical (unpaired) electrons. The molecule has 1 aromatic heterocycles. The van der Waals surface area contributed by atoms with E-state index in [2.05, 4.69) is 15.8 Å². The molecule has 0 spiro atoms. The third kappa shape index (κ3) is 6.04. The van der Waals surface area contributed by atoms with Crippen molar-refractivity contribution >= 4 is 34.8 Å². The zero-order valence-electron chi connectivity index (χ0n) is 16.0. The number of hydrogen-bond acceptors (Lipinski definition) is 5. The predicted octanol–water partition coefficient (Wildman–Crippen LogP) is 3.85. The van der Waals surface area contributed by atoms with Gasteiger partial charge in [-0.05, 0) is 43.2 Å². The second kappa shape index (κ2) is 9.54. The summed E-state index contributed by atoms with van der Waals surface area (Å²) < 4.78 is 5.46. The monoisotopic (exact) mass is 429 g/mol. The molecule has 0 unspecified atom stereocenters. The van der Waals surface area contributed by atoms with Crippen LogP contribution in [-0.2, 0) is 16.0 Å². The van der Waals surface area contributed by atoms with Crippen LogP contribution in [0.5, 0.6) is 5.75 Å². The molecule has 6 nitrogen and oxygen atoms in total. The van der Waals surface area contributed by atoms with Crippen molar-refractivity contribution in [2.45, 2.75) is 20.3 Å². The number of aromatic nitrogens is 1. The summed E-state index contributed by atoms with van der Waals surface area (Å²) in [6.07, 6.45) is 0.0408. The van der Waals surface area contributed by atoms with Gasteiger partial charge in [-0.15, -0.1) is 11.3 Å². The molecule has 0 fully saturated rings. The highest BCUT2D eigenvalue weighted by Crippen LogP contribution is 2.30. The van der Waals surface area contributed by atoms with E-state index in [0.29, 0.717) is 16.5 Å². The van der Waals surface area contributed by atoms with Crippen LogP contribution in [0.2, 0.25) is 5.02 Å². The van der Waals surface area contributed by atoms with Gasteiger partial charge < -0.3 is 4.74 Å². The Morgan fingerprint density at radius 2 is 1.76 bits per heavy atom. The van der Waals surface area contributed by atoms with E-state index in [9.17, 15) is 9.59 Å². The third-order valence-electron chi connectivity index (χ3n) is 3.90. The molecule has 0 aliphatic rings. The summed E-state index contributed by atoms with van der Waals surface area (Å²) in [5.41, 5.74) is 8.23. The Morgan fingerprint density at radius 3 is 2.48 bits per heavy atom. The Hall–Kier alpha value is -2.90. The zero-order chi connectivity index (χ0) is 20.8. The average molecular weight is 430 g/mol. The van der Waals surface area contributed by atoms with Gasteiger partial charge in [-0.2, -0.15) is 0 Å². The van der Waals surface area contributed by atoms with Crippen molar-refractivity contribution in [3.63, 3.8) is 0 Å². The van der Waals surface area contributed by atoms with Crippen LogP contribution in [0.3, 0.4) is 0 Å². The van der Waals surface area contributed by atoms with Crippen molar-refractivity contribution in [3.8, 4) is 16.3 Å². The van der Waals surface area contributed by atoms with Gasteiger partial charge in [0.2, 0.25) is 5.91 Å². The van der Waals surface area contributed by atoms with E-state index >= 15 is 0 Å². The standard InChI is InChI=1S/C21H20ClN3O3S/c1-13-7-14(2)9-16(8-13)28-11-20(27)25-24-19(26)10-15-12-29-21(23-15)17-5-3-4-6-18(17)22/h3-9,12H,10-11H2,1-2H3,(H,24,26)(H,25,27). The van der Waals surface area contributed by atoms with Crippen LogP contribution >= 0.6 is 22.9 Å². The molecule has 0 saturated carbocycles. The van der Waals surface area contributed by atoms with E-state index in [0.717, 1.165) is 21.7 Å². The number of rotatable bonds is 6. The minimum absolute atomic E-state index is 0.0408. The van der Waals surface area contributed by atoms with E-state index in [1.54, 1.807) is 11.4 Å². The molecule has 150 valence electrons. The van der Waals surface area contributed by atoms with Crippen LogP contribution in [-0.4, -0.2) is 23.4 Å². The average Bonchev–Trinajstić information content (AvgIpc) is 3.12. The van der Waals surface area contributed by atoms with Gasteiger partial charge in [0.25, 0.3) is 5.91 Å². The SMILES string of the molecule is Cc1cc(C)cc(OCC(=O)NNC(=O)Cc2csc(-c3ccccc3Cl)n2)c1. The number of carbonyl (C=O) groups is 2. The Balaban J connectivity index is 1.46. The Bertz CT molecular complexity index is 1020. The number of halogens is 1. The molecule has 3 rings (SSSR count). The van der Waals surface area contributed by atoms with Crippen molar-refractivity contribution in [1.29, 1.82) is 0 Å². The molecule has 0 aliphatic heterocycles. The van der Waals surface area contributed by atoms with Crippen molar-refractivity contribution in [3.05, 3.63) is 69.7 Å². The van der Waals surface area contributed by atoms with Crippen LogP contribution in [0.15, 0.2) is 47.8 Å². The molecule has 3 aromatic rings. The van der Waals surface area contributed by atoms with Gasteiger partial charge in [0, 0.05) is 10.9 Å². The molecule has 2 aromatic carbocycles. The van der Waals surface area contributed by atoms with Crippen molar-refractivity contribution in [2.24, 2.45) is 0 Å². The summed E-state index contributed by atoms with van der Waals surface area (Å²) in [7, 11) is 0. The van der Waals surface area contributed by atoms with Crippen LogP contribution < -0.4 is 15.6 Å². The number of nitrogens with zero attached hydrogens (tertiary/aromatic N) is 1. The molecule has 0 bridgehead atoms. The summed E-state index contributed by atoms with van der Waals surface area (Å²) >= 11 is 7.59. The van der Waals surface area contributed by atoms with E-state index in [1.807, 2.05) is 50.2 Å². The summed E-state index contributed by atoms with van der Waals surface area (Å²) in [6.45, 7) is 3.71. The van der Waals surface area contributed by atoms with Crippen molar-refractivity contribution in [1.82, 2.24) is 15.8 Å². The first kappa shape index (κ1) is 20.8. The molecule has 2 amide bonds. The van der Waals surface area contributed by atoms with Crippen LogP contribution in [0.25, 0.3) is 10.6 Å². The molecule has 1 heterocycles. The van der Waals surface area contributed by atoms with Gasteiger partial charge in [-0.1, -0.05) is 35.9 Å². The van der Waals surface area contributed by atoms with Crippen LogP contribution in [0.4, 0.5) is 0 Å². The minimum atomic E-state index is -0.451. The number of nitrogens with one attached hydrogen (secondary N) is 2. The maximum atomic E-state index is 12.1. The Morgan fingerprint density at radius 1 is 1.07 bits per heavy atom.